The Bertz CT molecular complexity index is 397. The molecule has 1 saturated heterocycles. The van der Waals surface area contributed by atoms with E-state index in [1.165, 1.54) is 22.8 Å². The third kappa shape index (κ3) is 3.83. The van der Waals surface area contributed by atoms with Gasteiger partial charge in [-0.25, -0.2) is 0 Å². The van der Waals surface area contributed by atoms with Gasteiger partial charge in [0.1, 0.15) is 5.75 Å². The number of methoxy groups -OCH3 is 1. The lowest BCUT2D eigenvalue weighted by Crippen LogP contribution is -2.38. The van der Waals surface area contributed by atoms with Gasteiger partial charge in [-0.3, -0.25) is 0 Å². The highest BCUT2D eigenvalue weighted by molar-refractivity contribution is 9.10. The van der Waals surface area contributed by atoms with E-state index >= 15 is 0 Å². The molecule has 1 heterocycles. The number of halogens is 1. The van der Waals surface area contributed by atoms with Crippen LogP contribution in [0, 0.1) is 0 Å². The summed E-state index contributed by atoms with van der Waals surface area (Å²) in [5, 5.41) is 0.588. The highest BCUT2D eigenvalue weighted by atomic mass is 79.9. The van der Waals surface area contributed by atoms with Crippen molar-refractivity contribution in [3.63, 3.8) is 0 Å². The van der Waals surface area contributed by atoms with E-state index in [1.807, 2.05) is 29.6 Å². The fraction of sp³-hybridized carbons (Fsp3) is 0.538. The smallest absolute Gasteiger partial charge is 0.133 e. The molecular weight excluding hydrogens is 330 g/mol. The molecule has 100 valence electrons. The Labute approximate surface area is 126 Å². The molecule has 0 radical (unpaired) electrons. The standard InChI is InChI=1S/C13H18BrNOS2/c1-16-12-3-2-9(6-10(12)14)7-11(15)13-8-17-4-5-18-13/h2-3,6,11,13H,4-5,7-8,15H2,1H3. The van der Waals surface area contributed by atoms with Crippen molar-refractivity contribution in [2.75, 3.05) is 24.4 Å². The molecule has 1 aliphatic heterocycles. The van der Waals surface area contributed by atoms with Crippen molar-refractivity contribution in [1.29, 1.82) is 0 Å². The Hall–Kier alpha value is 0.160. The van der Waals surface area contributed by atoms with E-state index in [2.05, 4.69) is 28.1 Å². The maximum absolute atomic E-state index is 6.32. The van der Waals surface area contributed by atoms with Crippen LogP contribution in [-0.4, -0.2) is 35.7 Å². The normalized spacial score (nSPS) is 21.6. The molecule has 2 N–H and O–H groups in total. The van der Waals surface area contributed by atoms with E-state index in [0.717, 1.165) is 16.6 Å². The second-order valence-corrected chi connectivity index (χ2v) is 7.67. The maximum Gasteiger partial charge on any atom is 0.133 e. The van der Waals surface area contributed by atoms with Crippen LogP contribution in [0.1, 0.15) is 5.56 Å². The van der Waals surface area contributed by atoms with Crippen molar-refractivity contribution >= 4 is 39.5 Å². The van der Waals surface area contributed by atoms with Gasteiger partial charge < -0.3 is 10.5 Å². The predicted molar refractivity (Wildman–Crippen MR) is 85.9 cm³/mol. The van der Waals surface area contributed by atoms with Crippen LogP contribution in [0.5, 0.6) is 5.75 Å². The average Bonchev–Trinajstić information content (AvgIpc) is 2.40. The lowest BCUT2D eigenvalue weighted by Gasteiger charge is -2.26. The van der Waals surface area contributed by atoms with Gasteiger partial charge in [0, 0.05) is 28.6 Å². The summed E-state index contributed by atoms with van der Waals surface area (Å²) in [5.41, 5.74) is 7.59. The SMILES string of the molecule is COc1ccc(CC(N)C2CSCCS2)cc1Br. The average molecular weight is 348 g/mol. The predicted octanol–water partition coefficient (Wildman–Crippen LogP) is 3.18. The molecule has 18 heavy (non-hydrogen) atoms. The van der Waals surface area contributed by atoms with Crippen molar-refractivity contribution in [1.82, 2.24) is 0 Å². The molecule has 2 rings (SSSR count). The molecule has 1 fully saturated rings. The van der Waals surface area contributed by atoms with E-state index in [9.17, 15) is 0 Å². The third-order valence-electron chi connectivity index (χ3n) is 3.01. The molecule has 0 aromatic heterocycles. The first-order chi connectivity index (χ1) is 8.70. The molecule has 2 nitrogen and oxygen atoms in total. The molecular formula is C13H18BrNOS2. The topological polar surface area (TPSA) is 35.2 Å². The van der Waals surface area contributed by atoms with Crippen LogP contribution in [0.25, 0.3) is 0 Å². The lowest BCUT2D eigenvalue weighted by molar-refractivity contribution is 0.412. The van der Waals surface area contributed by atoms with Gasteiger partial charge in [0.2, 0.25) is 0 Å². The highest BCUT2D eigenvalue weighted by Crippen LogP contribution is 2.29. The fourth-order valence-electron chi connectivity index (χ4n) is 1.99. The molecule has 1 aromatic rings. The highest BCUT2D eigenvalue weighted by Gasteiger charge is 2.21. The van der Waals surface area contributed by atoms with Gasteiger partial charge in [0.15, 0.2) is 0 Å². The Balaban J connectivity index is 1.97. The second-order valence-electron chi connectivity index (χ2n) is 4.32. The summed E-state index contributed by atoms with van der Waals surface area (Å²) in [7, 11) is 1.68. The van der Waals surface area contributed by atoms with Gasteiger partial charge in [-0.1, -0.05) is 6.07 Å². The van der Waals surface area contributed by atoms with Crippen LogP contribution in [0.3, 0.4) is 0 Å². The molecule has 0 spiro atoms. The molecule has 0 saturated carbocycles. The second kappa shape index (κ2) is 7.08. The number of nitrogens with two attached hydrogens (primary N) is 1. The van der Waals surface area contributed by atoms with Crippen LogP contribution in [-0.2, 0) is 6.42 Å². The van der Waals surface area contributed by atoms with Crippen LogP contribution in [0.2, 0.25) is 0 Å². The lowest BCUT2D eigenvalue weighted by atomic mass is 10.0. The summed E-state index contributed by atoms with van der Waals surface area (Å²) in [6.45, 7) is 0. The molecule has 0 amide bonds. The molecule has 0 bridgehead atoms. The van der Waals surface area contributed by atoms with E-state index in [4.69, 9.17) is 10.5 Å². The van der Waals surface area contributed by atoms with Gasteiger partial charge in [-0.05, 0) is 40.0 Å². The minimum atomic E-state index is 0.239. The summed E-state index contributed by atoms with van der Waals surface area (Å²) in [6, 6.07) is 6.45. The molecule has 5 heteroatoms. The van der Waals surface area contributed by atoms with Gasteiger partial charge in [-0.15, -0.1) is 0 Å². The Morgan fingerprint density at radius 3 is 2.94 bits per heavy atom. The third-order valence-corrected chi connectivity index (χ3v) is 6.57. The van der Waals surface area contributed by atoms with Crippen LogP contribution in [0.15, 0.2) is 22.7 Å². The van der Waals surface area contributed by atoms with E-state index in [-0.39, 0.29) is 6.04 Å². The zero-order valence-corrected chi connectivity index (χ0v) is 13.6. The van der Waals surface area contributed by atoms with Crippen LogP contribution in [0.4, 0.5) is 0 Å². The number of hydrogen-bond acceptors (Lipinski definition) is 4. The first-order valence-corrected chi connectivity index (χ1v) is 8.97. The van der Waals surface area contributed by atoms with Gasteiger partial charge in [0.25, 0.3) is 0 Å². The van der Waals surface area contributed by atoms with Gasteiger partial charge in [-0.2, -0.15) is 23.5 Å². The number of hydrogen-bond donors (Lipinski definition) is 1. The summed E-state index contributed by atoms with van der Waals surface area (Å²) in [6.07, 6.45) is 0.931. The van der Waals surface area contributed by atoms with E-state index < -0.39 is 0 Å². The Morgan fingerprint density at radius 1 is 1.50 bits per heavy atom. The van der Waals surface area contributed by atoms with Crippen LogP contribution < -0.4 is 10.5 Å². The van der Waals surface area contributed by atoms with Gasteiger partial charge >= 0.3 is 0 Å². The van der Waals surface area contributed by atoms with Gasteiger partial charge in [0.05, 0.1) is 11.6 Å². The molecule has 1 aliphatic rings. The van der Waals surface area contributed by atoms with Crippen molar-refractivity contribution in [3.05, 3.63) is 28.2 Å². The minimum absolute atomic E-state index is 0.239. The first kappa shape index (κ1) is 14.6. The number of rotatable bonds is 4. The van der Waals surface area contributed by atoms with Crippen molar-refractivity contribution in [3.8, 4) is 5.75 Å². The Kier molecular flexibility index (Phi) is 5.73. The minimum Gasteiger partial charge on any atom is -0.496 e. The fourth-order valence-corrected chi connectivity index (χ4v) is 5.40. The zero-order chi connectivity index (χ0) is 13.0. The van der Waals surface area contributed by atoms with Crippen molar-refractivity contribution < 1.29 is 4.74 Å². The largest absolute Gasteiger partial charge is 0.496 e. The zero-order valence-electron chi connectivity index (χ0n) is 10.4. The van der Waals surface area contributed by atoms with Crippen molar-refractivity contribution in [2.45, 2.75) is 17.7 Å². The summed E-state index contributed by atoms with van der Waals surface area (Å²) >= 11 is 7.56. The van der Waals surface area contributed by atoms with Crippen LogP contribution >= 0.6 is 39.5 Å². The molecule has 2 atom stereocenters. The maximum atomic E-state index is 6.32. The summed E-state index contributed by atoms with van der Waals surface area (Å²) in [4.78, 5) is 0. The molecule has 0 aliphatic carbocycles. The van der Waals surface area contributed by atoms with E-state index in [1.54, 1.807) is 7.11 Å². The number of thioether (sulfide) groups is 2. The Morgan fingerprint density at radius 2 is 2.33 bits per heavy atom. The molecule has 2 unspecified atom stereocenters. The first-order valence-electron chi connectivity index (χ1n) is 5.98. The van der Waals surface area contributed by atoms with E-state index in [0.29, 0.717) is 5.25 Å². The monoisotopic (exact) mass is 347 g/mol. The number of ether oxygens (including phenoxy) is 1. The van der Waals surface area contributed by atoms with Crippen molar-refractivity contribution in [2.24, 2.45) is 5.73 Å². The summed E-state index contributed by atoms with van der Waals surface area (Å²) < 4.78 is 6.24. The number of benzene rings is 1. The summed E-state index contributed by atoms with van der Waals surface area (Å²) in [5.74, 6) is 4.55. The quantitative estimate of drug-likeness (QED) is 0.907. The molecule has 1 aromatic carbocycles.